The summed E-state index contributed by atoms with van der Waals surface area (Å²) in [6, 6.07) is 2.66. The molecular weight excluding hydrogens is 182 g/mol. The molecule has 0 amide bonds. The third kappa shape index (κ3) is 1.32. The molecule has 4 N–H and O–H groups in total. The van der Waals surface area contributed by atoms with Crippen LogP contribution in [0.25, 0.3) is 0 Å². The molecular formula is C10H13NO3. The maximum atomic E-state index is 9.62. The molecule has 0 radical (unpaired) electrons. The van der Waals surface area contributed by atoms with Crippen molar-refractivity contribution < 1.29 is 15.3 Å². The molecule has 1 aliphatic rings. The fourth-order valence-corrected chi connectivity index (χ4v) is 1.92. The van der Waals surface area contributed by atoms with E-state index in [1.54, 1.807) is 0 Å². The van der Waals surface area contributed by atoms with E-state index < -0.39 is 0 Å². The second-order valence-corrected chi connectivity index (χ2v) is 3.44. The Balaban J connectivity index is 2.55. The molecule has 1 aromatic carbocycles. The fourth-order valence-electron chi connectivity index (χ4n) is 1.92. The van der Waals surface area contributed by atoms with Crippen LogP contribution in [0.15, 0.2) is 12.1 Å². The molecule has 1 atom stereocenters. The van der Waals surface area contributed by atoms with Crippen molar-refractivity contribution in [2.24, 2.45) is 0 Å². The Morgan fingerprint density at radius 1 is 1.29 bits per heavy atom. The molecule has 1 heterocycles. The molecule has 2 rings (SSSR count). The van der Waals surface area contributed by atoms with Crippen molar-refractivity contribution >= 4 is 0 Å². The van der Waals surface area contributed by atoms with E-state index in [1.165, 1.54) is 12.1 Å². The highest BCUT2D eigenvalue weighted by molar-refractivity contribution is 5.50. The molecule has 0 fully saturated rings. The first-order chi connectivity index (χ1) is 6.74. The van der Waals surface area contributed by atoms with Crippen LogP contribution in [0.2, 0.25) is 0 Å². The molecule has 4 heteroatoms. The number of hydrogen-bond donors (Lipinski definition) is 4. The Labute approximate surface area is 81.8 Å². The number of fused-ring (bicyclic) bond motifs is 1. The van der Waals surface area contributed by atoms with Gasteiger partial charge < -0.3 is 20.6 Å². The summed E-state index contributed by atoms with van der Waals surface area (Å²) < 4.78 is 0. The van der Waals surface area contributed by atoms with E-state index in [-0.39, 0.29) is 24.1 Å². The average molecular weight is 195 g/mol. The normalized spacial score (nSPS) is 20.5. The van der Waals surface area contributed by atoms with Gasteiger partial charge in [-0.15, -0.1) is 0 Å². The number of aromatic hydroxyl groups is 2. The standard InChI is InChI=1S/C10H13NO3/c12-5-7-10-6(3-4-11-7)8(13)1-2-9(10)14/h1-2,7,11-14H,3-5H2. The van der Waals surface area contributed by atoms with Crippen LogP contribution in [0, 0.1) is 0 Å². The highest BCUT2D eigenvalue weighted by atomic mass is 16.3. The molecule has 14 heavy (non-hydrogen) atoms. The maximum Gasteiger partial charge on any atom is 0.120 e. The molecule has 0 saturated heterocycles. The van der Waals surface area contributed by atoms with Crippen molar-refractivity contribution in [3.8, 4) is 11.5 Å². The van der Waals surface area contributed by atoms with Crippen molar-refractivity contribution in [3.63, 3.8) is 0 Å². The lowest BCUT2D eigenvalue weighted by Gasteiger charge is -2.26. The number of phenols is 2. The van der Waals surface area contributed by atoms with Crippen molar-refractivity contribution in [3.05, 3.63) is 23.3 Å². The predicted octanol–water partition coefficient (Wildman–Crippen LogP) is 0.277. The van der Waals surface area contributed by atoms with Gasteiger partial charge in [0.2, 0.25) is 0 Å². The second-order valence-electron chi connectivity index (χ2n) is 3.44. The summed E-state index contributed by atoms with van der Waals surface area (Å²) in [4.78, 5) is 0. The van der Waals surface area contributed by atoms with E-state index in [4.69, 9.17) is 5.11 Å². The van der Waals surface area contributed by atoms with Gasteiger partial charge in [-0.25, -0.2) is 0 Å². The first-order valence-corrected chi connectivity index (χ1v) is 4.62. The molecule has 1 unspecified atom stereocenters. The monoisotopic (exact) mass is 195 g/mol. The smallest absolute Gasteiger partial charge is 0.120 e. The fraction of sp³-hybridized carbons (Fsp3) is 0.400. The summed E-state index contributed by atoms with van der Waals surface area (Å²) in [7, 11) is 0. The van der Waals surface area contributed by atoms with E-state index in [9.17, 15) is 10.2 Å². The lowest BCUT2D eigenvalue weighted by Crippen LogP contribution is -2.32. The first-order valence-electron chi connectivity index (χ1n) is 4.62. The molecule has 4 nitrogen and oxygen atoms in total. The Kier molecular flexibility index (Phi) is 2.31. The number of aliphatic hydroxyl groups is 1. The van der Waals surface area contributed by atoms with Gasteiger partial charge in [0.1, 0.15) is 11.5 Å². The summed E-state index contributed by atoms with van der Waals surface area (Å²) in [6.45, 7) is 0.624. The molecule has 0 spiro atoms. The summed E-state index contributed by atoms with van der Waals surface area (Å²) in [5.41, 5.74) is 1.36. The highest BCUT2D eigenvalue weighted by Crippen LogP contribution is 2.35. The zero-order valence-corrected chi connectivity index (χ0v) is 7.70. The Hall–Kier alpha value is -1.26. The van der Waals surface area contributed by atoms with Crippen LogP contribution in [0.3, 0.4) is 0 Å². The van der Waals surface area contributed by atoms with Gasteiger partial charge in [0.25, 0.3) is 0 Å². The number of hydrogen-bond acceptors (Lipinski definition) is 4. The Morgan fingerprint density at radius 3 is 2.71 bits per heavy atom. The molecule has 0 aromatic heterocycles. The van der Waals surface area contributed by atoms with E-state index in [0.29, 0.717) is 18.5 Å². The van der Waals surface area contributed by atoms with Gasteiger partial charge in [-0.3, -0.25) is 0 Å². The van der Waals surface area contributed by atoms with E-state index in [0.717, 1.165) is 5.56 Å². The van der Waals surface area contributed by atoms with Gasteiger partial charge in [-0.2, -0.15) is 0 Å². The van der Waals surface area contributed by atoms with Crippen molar-refractivity contribution in [2.45, 2.75) is 12.5 Å². The zero-order valence-electron chi connectivity index (χ0n) is 7.70. The minimum Gasteiger partial charge on any atom is -0.508 e. The van der Waals surface area contributed by atoms with Gasteiger partial charge in [0.15, 0.2) is 0 Å². The van der Waals surface area contributed by atoms with E-state index >= 15 is 0 Å². The molecule has 1 aliphatic heterocycles. The largest absolute Gasteiger partial charge is 0.508 e. The summed E-state index contributed by atoms with van der Waals surface area (Å²) in [5.74, 6) is 0.321. The SMILES string of the molecule is OCC1NCCc2c(O)ccc(O)c21. The van der Waals surface area contributed by atoms with Gasteiger partial charge in [0.05, 0.1) is 12.6 Å². The van der Waals surface area contributed by atoms with Crippen molar-refractivity contribution in [2.75, 3.05) is 13.2 Å². The van der Waals surface area contributed by atoms with Crippen LogP contribution in [0.4, 0.5) is 0 Å². The third-order valence-corrected chi connectivity index (χ3v) is 2.61. The van der Waals surface area contributed by atoms with Crippen molar-refractivity contribution in [1.29, 1.82) is 0 Å². The number of phenolic OH excluding ortho intramolecular Hbond substituents is 2. The van der Waals surface area contributed by atoms with Crippen LogP contribution in [-0.2, 0) is 6.42 Å². The van der Waals surface area contributed by atoms with Crippen LogP contribution < -0.4 is 5.32 Å². The summed E-state index contributed by atoms with van der Waals surface area (Å²) >= 11 is 0. The topological polar surface area (TPSA) is 72.7 Å². The van der Waals surface area contributed by atoms with E-state index in [2.05, 4.69) is 5.32 Å². The molecule has 0 bridgehead atoms. The van der Waals surface area contributed by atoms with Crippen LogP contribution >= 0.6 is 0 Å². The quantitative estimate of drug-likeness (QED) is 0.486. The van der Waals surface area contributed by atoms with Crippen LogP contribution in [0.5, 0.6) is 11.5 Å². The molecule has 1 aromatic rings. The minimum atomic E-state index is -0.272. The zero-order chi connectivity index (χ0) is 10.1. The summed E-state index contributed by atoms with van der Waals surface area (Å²) in [6.07, 6.45) is 0.673. The van der Waals surface area contributed by atoms with Crippen molar-refractivity contribution in [1.82, 2.24) is 5.32 Å². The molecule has 76 valence electrons. The number of nitrogens with one attached hydrogen (secondary N) is 1. The van der Waals surface area contributed by atoms with Gasteiger partial charge in [0, 0.05) is 11.1 Å². The third-order valence-electron chi connectivity index (χ3n) is 2.61. The Bertz CT molecular complexity index is 351. The van der Waals surface area contributed by atoms with Gasteiger partial charge >= 0.3 is 0 Å². The van der Waals surface area contributed by atoms with Gasteiger partial charge in [-0.05, 0) is 25.1 Å². The lowest BCUT2D eigenvalue weighted by atomic mass is 9.93. The van der Waals surface area contributed by atoms with Crippen LogP contribution in [-0.4, -0.2) is 28.5 Å². The van der Waals surface area contributed by atoms with E-state index in [1.807, 2.05) is 0 Å². The first kappa shape index (κ1) is 9.30. The molecule has 0 aliphatic carbocycles. The second kappa shape index (κ2) is 3.48. The number of benzene rings is 1. The average Bonchev–Trinajstić information content (AvgIpc) is 2.23. The highest BCUT2D eigenvalue weighted by Gasteiger charge is 2.24. The maximum absolute atomic E-state index is 9.62. The van der Waals surface area contributed by atoms with Gasteiger partial charge in [-0.1, -0.05) is 0 Å². The lowest BCUT2D eigenvalue weighted by molar-refractivity contribution is 0.236. The summed E-state index contributed by atoms with van der Waals surface area (Å²) in [5, 5.41) is 31.4. The van der Waals surface area contributed by atoms with Crippen LogP contribution in [0.1, 0.15) is 17.2 Å². The number of aliphatic hydroxyl groups excluding tert-OH is 1. The molecule has 0 saturated carbocycles. The minimum absolute atomic E-state index is 0.0794. The number of rotatable bonds is 1. The predicted molar refractivity (Wildman–Crippen MR) is 51.3 cm³/mol. The Morgan fingerprint density at radius 2 is 2.00 bits per heavy atom.